The Morgan fingerprint density at radius 1 is 1.03 bits per heavy atom. The Hall–Kier alpha value is -1.54. The lowest BCUT2D eigenvalue weighted by molar-refractivity contribution is -0.140. The standard InChI is InChI=1S/C24H34ClN3O4.ClH/c1-16(2)32-22-7-4-3-6-20(22)27-12-10-26(11-13-27)8-5-9-28-23(30)17-14-19(25)21(29)15-18(17)24(28)31;/h3-4,6-7,16-19,21,29H,5,8-15H2,1-2H3;1H. The highest BCUT2D eigenvalue weighted by molar-refractivity contribution is 6.21. The van der Waals surface area contributed by atoms with Gasteiger partial charge in [-0.05, 0) is 51.8 Å². The van der Waals surface area contributed by atoms with Crippen LogP contribution < -0.4 is 9.64 Å². The van der Waals surface area contributed by atoms with Crippen LogP contribution in [0.4, 0.5) is 5.69 Å². The first-order valence-electron chi connectivity index (χ1n) is 11.8. The van der Waals surface area contributed by atoms with Crippen LogP contribution in [0.3, 0.4) is 0 Å². The van der Waals surface area contributed by atoms with E-state index >= 15 is 0 Å². The molecular formula is C24H35Cl2N3O4. The first-order valence-corrected chi connectivity index (χ1v) is 12.2. The lowest BCUT2D eigenvalue weighted by Crippen LogP contribution is -2.47. The molecule has 2 heterocycles. The minimum Gasteiger partial charge on any atom is -0.489 e. The largest absolute Gasteiger partial charge is 0.489 e. The van der Waals surface area contributed by atoms with Gasteiger partial charge in [0.05, 0.1) is 35.1 Å². The quantitative estimate of drug-likeness (QED) is 0.459. The number of ether oxygens (including phenoxy) is 1. The van der Waals surface area contributed by atoms with E-state index in [1.165, 1.54) is 4.90 Å². The molecule has 1 N–H and O–H groups in total. The van der Waals surface area contributed by atoms with E-state index in [2.05, 4.69) is 15.9 Å². The van der Waals surface area contributed by atoms with E-state index in [4.69, 9.17) is 16.3 Å². The number of amides is 2. The molecule has 1 aromatic rings. The molecule has 0 radical (unpaired) electrons. The Bertz CT molecular complexity index is 804. The predicted molar refractivity (Wildman–Crippen MR) is 131 cm³/mol. The Morgan fingerprint density at radius 3 is 2.33 bits per heavy atom. The number of halogens is 2. The molecule has 2 amide bonds. The summed E-state index contributed by atoms with van der Waals surface area (Å²) >= 11 is 6.14. The highest BCUT2D eigenvalue weighted by atomic mass is 35.5. The van der Waals surface area contributed by atoms with E-state index < -0.39 is 17.4 Å². The van der Waals surface area contributed by atoms with Crippen LogP contribution in [0.1, 0.15) is 33.1 Å². The number of para-hydroxylation sites is 2. The molecule has 4 rings (SSSR count). The third kappa shape index (κ3) is 5.76. The number of nitrogens with zero attached hydrogens (tertiary/aromatic N) is 3. The summed E-state index contributed by atoms with van der Waals surface area (Å²) in [6, 6.07) is 8.18. The highest BCUT2D eigenvalue weighted by Crippen LogP contribution is 2.40. The zero-order valence-corrected chi connectivity index (χ0v) is 20.9. The first-order chi connectivity index (χ1) is 15.3. The van der Waals surface area contributed by atoms with Crippen LogP contribution in [-0.2, 0) is 9.59 Å². The van der Waals surface area contributed by atoms with Crippen molar-refractivity contribution in [1.82, 2.24) is 9.80 Å². The molecule has 0 aromatic heterocycles. The number of carbonyl (C=O) groups is 2. The van der Waals surface area contributed by atoms with Crippen molar-refractivity contribution in [2.45, 2.75) is 50.7 Å². The number of hydrogen-bond donors (Lipinski definition) is 1. The lowest BCUT2D eigenvalue weighted by atomic mass is 9.79. The second kappa shape index (κ2) is 11.3. The maximum absolute atomic E-state index is 12.7. The maximum Gasteiger partial charge on any atom is 0.233 e. The molecule has 1 aromatic carbocycles. The Kier molecular flexibility index (Phi) is 8.89. The van der Waals surface area contributed by atoms with Gasteiger partial charge < -0.3 is 14.7 Å². The number of anilines is 1. The molecule has 7 nitrogen and oxygen atoms in total. The zero-order chi connectivity index (χ0) is 22.8. The van der Waals surface area contributed by atoms with E-state index in [0.717, 1.165) is 50.6 Å². The second-order valence-corrected chi connectivity index (χ2v) is 9.97. The van der Waals surface area contributed by atoms with Gasteiger partial charge in [-0.2, -0.15) is 0 Å². The average Bonchev–Trinajstić information content (AvgIpc) is 2.99. The number of imide groups is 1. The molecule has 9 heteroatoms. The number of piperazine rings is 1. The Morgan fingerprint density at radius 2 is 1.67 bits per heavy atom. The number of likely N-dealkylation sites (tertiary alicyclic amines) is 1. The summed E-state index contributed by atoms with van der Waals surface area (Å²) in [5.41, 5.74) is 1.14. The molecule has 1 aliphatic carbocycles. The van der Waals surface area contributed by atoms with Crippen molar-refractivity contribution in [3.8, 4) is 5.75 Å². The Balaban J connectivity index is 0.00000306. The molecule has 0 bridgehead atoms. The highest BCUT2D eigenvalue weighted by Gasteiger charge is 2.51. The molecule has 33 heavy (non-hydrogen) atoms. The van der Waals surface area contributed by atoms with E-state index in [1.807, 2.05) is 32.0 Å². The maximum atomic E-state index is 12.7. The first kappa shape index (κ1) is 26.1. The topological polar surface area (TPSA) is 73.3 Å². The summed E-state index contributed by atoms with van der Waals surface area (Å²) in [5.74, 6) is -0.0691. The van der Waals surface area contributed by atoms with Gasteiger partial charge in [0.15, 0.2) is 0 Å². The van der Waals surface area contributed by atoms with Crippen molar-refractivity contribution in [3.05, 3.63) is 24.3 Å². The smallest absolute Gasteiger partial charge is 0.233 e. The number of aliphatic hydroxyl groups excluding tert-OH is 1. The van der Waals surface area contributed by atoms with Gasteiger partial charge in [-0.3, -0.25) is 19.4 Å². The van der Waals surface area contributed by atoms with E-state index in [-0.39, 0.29) is 36.2 Å². The van der Waals surface area contributed by atoms with Crippen LogP contribution in [0.5, 0.6) is 5.75 Å². The molecule has 1 saturated carbocycles. The summed E-state index contributed by atoms with van der Waals surface area (Å²) in [4.78, 5) is 31.6. The lowest BCUT2D eigenvalue weighted by Gasteiger charge is -2.37. The van der Waals surface area contributed by atoms with Gasteiger partial charge in [0.2, 0.25) is 11.8 Å². The molecule has 3 aliphatic rings. The van der Waals surface area contributed by atoms with Gasteiger partial charge in [-0.25, -0.2) is 0 Å². The van der Waals surface area contributed by atoms with E-state index in [9.17, 15) is 14.7 Å². The summed E-state index contributed by atoms with van der Waals surface area (Å²) in [5, 5.41) is 9.55. The van der Waals surface area contributed by atoms with Gasteiger partial charge in [-0.15, -0.1) is 24.0 Å². The van der Waals surface area contributed by atoms with Gasteiger partial charge in [-0.1, -0.05) is 12.1 Å². The molecule has 4 atom stereocenters. The van der Waals surface area contributed by atoms with Crippen molar-refractivity contribution in [1.29, 1.82) is 0 Å². The molecule has 2 aliphatic heterocycles. The summed E-state index contributed by atoms with van der Waals surface area (Å²) < 4.78 is 5.97. The van der Waals surface area contributed by atoms with Crippen LogP contribution in [0.2, 0.25) is 0 Å². The van der Waals surface area contributed by atoms with Gasteiger partial charge in [0.25, 0.3) is 0 Å². The number of hydrogen-bond acceptors (Lipinski definition) is 6. The molecular weight excluding hydrogens is 465 g/mol. The minimum absolute atomic E-state index is 0. The average molecular weight is 500 g/mol. The van der Waals surface area contributed by atoms with E-state index in [1.54, 1.807) is 0 Å². The van der Waals surface area contributed by atoms with E-state index in [0.29, 0.717) is 19.4 Å². The number of aliphatic hydroxyl groups is 1. The van der Waals surface area contributed by atoms with Crippen LogP contribution in [-0.4, -0.2) is 83.6 Å². The molecule has 184 valence electrons. The van der Waals surface area contributed by atoms with Gasteiger partial charge >= 0.3 is 0 Å². The predicted octanol–water partition coefficient (Wildman–Crippen LogP) is 2.77. The molecule has 0 spiro atoms. The molecule has 3 fully saturated rings. The fourth-order valence-corrected chi connectivity index (χ4v) is 5.44. The van der Waals surface area contributed by atoms with Gasteiger partial charge in [0, 0.05) is 32.7 Å². The van der Waals surface area contributed by atoms with Gasteiger partial charge in [0.1, 0.15) is 5.75 Å². The van der Waals surface area contributed by atoms with Crippen molar-refractivity contribution in [2.24, 2.45) is 11.8 Å². The van der Waals surface area contributed by atoms with Crippen LogP contribution in [0.15, 0.2) is 24.3 Å². The number of rotatable bonds is 7. The number of benzene rings is 1. The van der Waals surface area contributed by atoms with Crippen LogP contribution in [0, 0.1) is 11.8 Å². The second-order valence-electron chi connectivity index (χ2n) is 9.41. The molecule has 4 unspecified atom stereocenters. The number of alkyl halides is 1. The van der Waals surface area contributed by atoms with Crippen molar-refractivity contribution in [3.63, 3.8) is 0 Å². The van der Waals surface area contributed by atoms with Crippen molar-refractivity contribution >= 4 is 41.5 Å². The summed E-state index contributed by atoms with van der Waals surface area (Å²) in [6.45, 7) is 9.07. The third-order valence-corrected chi connectivity index (χ3v) is 7.31. The number of fused-ring (bicyclic) bond motifs is 1. The SMILES string of the molecule is CC(C)Oc1ccccc1N1CCN(CCCN2C(=O)C3CC(O)C(Cl)CC3C2=O)CC1.Cl. The normalized spacial score (nSPS) is 28.2. The Labute approximate surface area is 207 Å². The van der Waals surface area contributed by atoms with Crippen molar-refractivity contribution < 1.29 is 19.4 Å². The fourth-order valence-electron chi connectivity index (χ4n) is 5.15. The molecule has 2 saturated heterocycles. The summed E-state index contributed by atoms with van der Waals surface area (Å²) in [6.07, 6.45) is 0.872. The third-order valence-electron chi connectivity index (χ3n) is 6.84. The minimum atomic E-state index is -0.706. The number of carbonyl (C=O) groups excluding carboxylic acids is 2. The summed E-state index contributed by atoms with van der Waals surface area (Å²) in [7, 11) is 0. The van der Waals surface area contributed by atoms with Crippen molar-refractivity contribution in [2.75, 3.05) is 44.2 Å². The van der Waals surface area contributed by atoms with Crippen LogP contribution in [0.25, 0.3) is 0 Å². The monoisotopic (exact) mass is 499 g/mol. The van der Waals surface area contributed by atoms with Crippen LogP contribution >= 0.6 is 24.0 Å². The fraction of sp³-hybridized carbons (Fsp3) is 0.667. The zero-order valence-electron chi connectivity index (χ0n) is 19.4.